The largest absolute Gasteiger partial charge is 0.497 e. The van der Waals surface area contributed by atoms with Gasteiger partial charge in [0.05, 0.1) is 7.11 Å². The predicted octanol–water partition coefficient (Wildman–Crippen LogP) is 2.70. The van der Waals surface area contributed by atoms with E-state index in [1.165, 1.54) is 0 Å². The molecular formula is C15H15NO2. The van der Waals surface area contributed by atoms with Crippen LogP contribution < -0.4 is 10.5 Å². The van der Waals surface area contributed by atoms with Gasteiger partial charge in [0.2, 0.25) is 0 Å². The van der Waals surface area contributed by atoms with Crippen molar-refractivity contribution in [2.45, 2.75) is 6.42 Å². The first kappa shape index (κ1) is 12.2. The van der Waals surface area contributed by atoms with Crippen LogP contribution >= 0.6 is 0 Å². The summed E-state index contributed by atoms with van der Waals surface area (Å²) in [5, 5.41) is 0. The number of Topliss-reactive ketones (excluding diaryl/α,β-unsaturated/α-hetero) is 1. The summed E-state index contributed by atoms with van der Waals surface area (Å²) in [6.45, 7) is 0. The highest BCUT2D eigenvalue weighted by Gasteiger charge is 2.11. The van der Waals surface area contributed by atoms with Gasteiger partial charge in [0, 0.05) is 17.7 Å². The molecule has 0 fully saturated rings. The lowest BCUT2D eigenvalue weighted by Gasteiger charge is -2.07. The van der Waals surface area contributed by atoms with Crippen LogP contribution in [0.3, 0.4) is 0 Å². The predicted molar refractivity (Wildman–Crippen MR) is 71.9 cm³/mol. The summed E-state index contributed by atoms with van der Waals surface area (Å²) in [7, 11) is 1.57. The molecule has 0 amide bonds. The van der Waals surface area contributed by atoms with E-state index in [0.29, 0.717) is 23.4 Å². The molecule has 0 heterocycles. The molecule has 2 rings (SSSR count). The highest BCUT2D eigenvalue weighted by atomic mass is 16.5. The molecule has 0 unspecified atom stereocenters. The second kappa shape index (κ2) is 5.36. The van der Waals surface area contributed by atoms with Crippen molar-refractivity contribution in [3.8, 4) is 5.75 Å². The zero-order valence-corrected chi connectivity index (χ0v) is 10.2. The molecule has 0 bridgehead atoms. The van der Waals surface area contributed by atoms with E-state index in [-0.39, 0.29) is 5.78 Å². The van der Waals surface area contributed by atoms with Crippen LogP contribution in [0.4, 0.5) is 5.69 Å². The molecule has 0 aromatic heterocycles. The minimum absolute atomic E-state index is 0.00222. The van der Waals surface area contributed by atoms with E-state index in [1.807, 2.05) is 30.3 Å². The molecule has 0 saturated carbocycles. The van der Waals surface area contributed by atoms with Crippen molar-refractivity contribution in [2.75, 3.05) is 12.8 Å². The number of carbonyl (C=O) groups is 1. The molecule has 0 spiro atoms. The second-order valence-corrected chi connectivity index (χ2v) is 4.04. The Balaban J connectivity index is 2.23. The van der Waals surface area contributed by atoms with E-state index >= 15 is 0 Å². The van der Waals surface area contributed by atoms with Crippen molar-refractivity contribution in [1.82, 2.24) is 0 Å². The Labute approximate surface area is 106 Å². The Kier molecular flexibility index (Phi) is 3.63. The van der Waals surface area contributed by atoms with Gasteiger partial charge in [-0.05, 0) is 23.8 Å². The summed E-state index contributed by atoms with van der Waals surface area (Å²) >= 11 is 0. The van der Waals surface area contributed by atoms with Crippen molar-refractivity contribution in [2.24, 2.45) is 0 Å². The molecule has 2 N–H and O–H groups in total. The van der Waals surface area contributed by atoms with Gasteiger partial charge in [0.1, 0.15) is 5.75 Å². The van der Waals surface area contributed by atoms with Crippen LogP contribution in [0, 0.1) is 0 Å². The molecule has 0 saturated heterocycles. The van der Waals surface area contributed by atoms with E-state index in [1.54, 1.807) is 25.3 Å². The average molecular weight is 241 g/mol. The Morgan fingerprint density at radius 2 is 1.89 bits per heavy atom. The molecule has 0 radical (unpaired) electrons. The number of hydrogen-bond donors (Lipinski definition) is 1. The number of rotatable bonds is 4. The molecule has 3 heteroatoms. The molecule has 2 aromatic carbocycles. The molecule has 0 atom stereocenters. The van der Waals surface area contributed by atoms with Gasteiger partial charge >= 0.3 is 0 Å². The second-order valence-electron chi connectivity index (χ2n) is 4.04. The van der Waals surface area contributed by atoms with E-state index < -0.39 is 0 Å². The van der Waals surface area contributed by atoms with Crippen LogP contribution in [0.1, 0.15) is 15.9 Å². The fourth-order valence-corrected chi connectivity index (χ4v) is 1.78. The normalized spacial score (nSPS) is 10.1. The Morgan fingerprint density at radius 3 is 2.56 bits per heavy atom. The third kappa shape index (κ3) is 2.69. The number of nitrogen functional groups attached to an aromatic ring is 1. The third-order valence-corrected chi connectivity index (χ3v) is 2.77. The monoisotopic (exact) mass is 241 g/mol. The number of methoxy groups -OCH3 is 1. The van der Waals surface area contributed by atoms with Crippen molar-refractivity contribution < 1.29 is 9.53 Å². The molecule has 0 aliphatic heterocycles. The van der Waals surface area contributed by atoms with Crippen LogP contribution in [0.5, 0.6) is 5.75 Å². The topological polar surface area (TPSA) is 52.3 Å². The maximum Gasteiger partial charge on any atom is 0.169 e. The van der Waals surface area contributed by atoms with Crippen LogP contribution in [0.15, 0.2) is 48.5 Å². The fraction of sp³-hybridized carbons (Fsp3) is 0.133. The van der Waals surface area contributed by atoms with Crippen molar-refractivity contribution in [1.29, 1.82) is 0 Å². The van der Waals surface area contributed by atoms with E-state index in [4.69, 9.17) is 10.5 Å². The van der Waals surface area contributed by atoms with E-state index in [9.17, 15) is 4.79 Å². The highest BCUT2D eigenvalue weighted by molar-refractivity contribution is 6.02. The van der Waals surface area contributed by atoms with Crippen LogP contribution in [0.25, 0.3) is 0 Å². The summed E-state index contributed by atoms with van der Waals surface area (Å²) < 4.78 is 5.10. The van der Waals surface area contributed by atoms with Crippen molar-refractivity contribution >= 4 is 11.5 Å². The zero-order chi connectivity index (χ0) is 13.0. The van der Waals surface area contributed by atoms with Crippen LogP contribution in [-0.2, 0) is 6.42 Å². The third-order valence-electron chi connectivity index (χ3n) is 2.77. The summed E-state index contributed by atoms with van der Waals surface area (Å²) in [6, 6.07) is 14.7. The minimum atomic E-state index is -0.00222. The number of hydrogen-bond acceptors (Lipinski definition) is 3. The molecule has 2 aromatic rings. The zero-order valence-electron chi connectivity index (χ0n) is 10.2. The lowest BCUT2D eigenvalue weighted by molar-refractivity contribution is 0.0993. The standard InChI is InChI=1S/C15H15NO2/c1-18-12-7-8-14(16)13(10-12)15(17)9-11-5-3-2-4-6-11/h2-8,10H,9,16H2,1H3. The number of carbonyl (C=O) groups excluding carboxylic acids is 1. The molecule has 92 valence electrons. The van der Waals surface area contributed by atoms with E-state index in [0.717, 1.165) is 5.56 Å². The number of ketones is 1. The number of anilines is 1. The van der Waals surface area contributed by atoms with Crippen molar-refractivity contribution in [3.63, 3.8) is 0 Å². The van der Waals surface area contributed by atoms with Gasteiger partial charge in [-0.3, -0.25) is 4.79 Å². The number of benzene rings is 2. The SMILES string of the molecule is COc1ccc(N)c(C(=O)Cc2ccccc2)c1. The first-order valence-electron chi connectivity index (χ1n) is 5.71. The van der Waals surface area contributed by atoms with E-state index in [2.05, 4.69) is 0 Å². The highest BCUT2D eigenvalue weighted by Crippen LogP contribution is 2.21. The Morgan fingerprint density at radius 1 is 1.17 bits per heavy atom. The van der Waals surface area contributed by atoms with Gasteiger partial charge in [0.25, 0.3) is 0 Å². The maximum atomic E-state index is 12.2. The van der Waals surface area contributed by atoms with Gasteiger partial charge < -0.3 is 10.5 Å². The summed E-state index contributed by atoms with van der Waals surface area (Å²) in [4.78, 5) is 12.2. The van der Waals surface area contributed by atoms with Gasteiger partial charge in [-0.25, -0.2) is 0 Å². The first-order valence-corrected chi connectivity index (χ1v) is 5.71. The van der Waals surface area contributed by atoms with Crippen LogP contribution in [0.2, 0.25) is 0 Å². The molecule has 18 heavy (non-hydrogen) atoms. The van der Waals surface area contributed by atoms with Crippen molar-refractivity contribution in [3.05, 3.63) is 59.7 Å². The summed E-state index contributed by atoms with van der Waals surface area (Å²) in [6.07, 6.45) is 0.345. The average Bonchev–Trinajstić information content (AvgIpc) is 2.40. The maximum absolute atomic E-state index is 12.2. The van der Waals surface area contributed by atoms with Gasteiger partial charge in [-0.15, -0.1) is 0 Å². The minimum Gasteiger partial charge on any atom is -0.497 e. The smallest absolute Gasteiger partial charge is 0.169 e. The number of nitrogens with two attached hydrogens (primary N) is 1. The molecule has 0 aliphatic rings. The van der Waals surface area contributed by atoms with Gasteiger partial charge in [-0.1, -0.05) is 30.3 Å². The van der Waals surface area contributed by atoms with Gasteiger partial charge in [0.15, 0.2) is 5.78 Å². The lowest BCUT2D eigenvalue weighted by atomic mass is 10.0. The lowest BCUT2D eigenvalue weighted by Crippen LogP contribution is -2.07. The van der Waals surface area contributed by atoms with Crippen LogP contribution in [-0.4, -0.2) is 12.9 Å². The fourth-order valence-electron chi connectivity index (χ4n) is 1.78. The molecule has 3 nitrogen and oxygen atoms in total. The summed E-state index contributed by atoms with van der Waals surface area (Å²) in [5.74, 6) is 0.637. The summed E-state index contributed by atoms with van der Waals surface area (Å²) in [5.41, 5.74) is 7.79. The molecule has 0 aliphatic carbocycles. The quantitative estimate of drug-likeness (QED) is 0.661. The first-order chi connectivity index (χ1) is 8.70. The molecular weight excluding hydrogens is 226 g/mol. The Bertz CT molecular complexity index is 550. The van der Waals surface area contributed by atoms with Gasteiger partial charge in [-0.2, -0.15) is 0 Å². The number of ether oxygens (including phenoxy) is 1. The Hall–Kier alpha value is -2.29.